The molecule has 0 amide bonds. The molecule has 3 heteroatoms. The summed E-state index contributed by atoms with van der Waals surface area (Å²) in [6, 6.07) is 0.632. The van der Waals surface area contributed by atoms with Crippen LogP contribution in [0.1, 0.15) is 46.0 Å². The first-order chi connectivity index (χ1) is 8.52. The Kier molecular flexibility index (Phi) is 11.9. The fourth-order valence-electron chi connectivity index (χ4n) is 2.02. The summed E-state index contributed by atoms with van der Waals surface area (Å²) in [4.78, 5) is 4.73. The Labute approximate surface area is 115 Å². The first-order valence-corrected chi connectivity index (χ1v) is 7.59. The molecule has 110 valence electrons. The van der Waals surface area contributed by atoms with Crippen LogP contribution in [0, 0.1) is 0 Å². The third kappa shape index (κ3) is 13.9. The molecule has 0 aromatic rings. The van der Waals surface area contributed by atoms with Crippen LogP contribution in [0.15, 0.2) is 0 Å². The predicted molar refractivity (Wildman–Crippen MR) is 82.3 cm³/mol. The van der Waals surface area contributed by atoms with Crippen molar-refractivity contribution in [3.8, 4) is 0 Å². The zero-order valence-electron chi connectivity index (χ0n) is 13.3. The Morgan fingerprint density at radius 3 is 2.00 bits per heavy atom. The van der Waals surface area contributed by atoms with Crippen molar-refractivity contribution in [2.24, 2.45) is 0 Å². The van der Waals surface area contributed by atoms with Crippen LogP contribution in [0.3, 0.4) is 0 Å². The SMILES string of the molecule is CC(C)NCCCCCCN(C)CCCN(C)C. The van der Waals surface area contributed by atoms with E-state index >= 15 is 0 Å². The zero-order valence-corrected chi connectivity index (χ0v) is 13.3. The minimum Gasteiger partial charge on any atom is -0.315 e. The molecular weight excluding hydrogens is 222 g/mol. The second-order valence-corrected chi connectivity index (χ2v) is 5.98. The molecule has 1 N–H and O–H groups in total. The van der Waals surface area contributed by atoms with Gasteiger partial charge in [0.25, 0.3) is 0 Å². The van der Waals surface area contributed by atoms with Crippen LogP contribution in [-0.2, 0) is 0 Å². The molecule has 0 aromatic carbocycles. The van der Waals surface area contributed by atoms with Gasteiger partial charge in [0.2, 0.25) is 0 Å². The van der Waals surface area contributed by atoms with Crippen molar-refractivity contribution in [3.63, 3.8) is 0 Å². The molecule has 0 saturated heterocycles. The van der Waals surface area contributed by atoms with Gasteiger partial charge in [0.05, 0.1) is 0 Å². The maximum absolute atomic E-state index is 3.47. The number of hydrogen-bond donors (Lipinski definition) is 1. The third-order valence-corrected chi connectivity index (χ3v) is 3.16. The van der Waals surface area contributed by atoms with E-state index in [1.807, 2.05) is 0 Å². The highest BCUT2D eigenvalue weighted by atomic mass is 15.1. The smallest absolute Gasteiger partial charge is 0.00103 e. The Bertz CT molecular complexity index is 169. The minimum absolute atomic E-state index is 0.632. The number of hydrogen-bond acceptors (Lipinski definition) is 3. The molecule has 0 aliphatic carbocycles. The van der Waals surface area contributed by atoms with Crippen molar-refractivity contribution in [2.75, 3.05) is 47.3 Å². The Hall–Kier alpha value is -0.120. The van der Waals surface area contributed by atoms with Crippen molar-refractivity contribution < 1.29 is 0 Å². The zero-order chi connectivity index (χ0) is 13.8. The van der Waals surface area contributed by atoms with Gasteiger partial charge in [-0.3, -0.25) is 0 Å². The van der Waals surface area contributed by atoms with Gasteiger partial charge in [-0.15, -0.1) is 0 Å². The third-order valence-electron chi connectivity index (χ3n) is 3.16. The summed E-state index contributed by atoms with van der Waals surface area (Å²) in [5.74, 6) is 0. The van der Waals surface area contributed by atoms with Crippen LogP contribution in [0.2, 0.25) is 0 Å². The van der Waals surface area contributed by atoms with Gasteiger partial charge in [-0.05, 0) is 66.6 Å². The van der Waals surface area contributed by atoms with E-state index in [0.717, 1.165) is 0 Å². The summed E-state index contributed by atoms with van der Waals surface area (Å²) in [7, 11) is 6.53. The summed E-state index contributed by atoms with van der Waals surface area (Å²) in [5.41, 5.74) is 0. The maximum atomic E-state index is 3.47. The lowest BCUT2D eigenvalue weighted by Gasteiger charge is -2.18. The van der Waals surface area contributed by atoms with Gasteiger partial charge < -0.3 is 15.1 Å². The van der Waals surface area contributed by atoms with Crippen LogP contribution in [-0.4, -0.2) is 63.2 Å². The van der Waals surface area contributed by atoms with Crippen LogP contribution >= 0.6 is 0 Å². The Morgan fingerprint density at radius 1 is 0.778 bits per heavy atom. The maximum Gasteiger partial charge on any atom is 0.00103 e. The quantitative estimate of drug-likeness (QED) is 0.542. The molecule has 0 aromatic heterocycles. The molecule has 0 saturated carbocycles. The molecule has 3 nitrogen and oxygen atoms in total. The summed E-state index contributed by atoms with van der Waals surface area (Å²) >= 11 is 0. The van der Waals surface area contributed by atoms with Gasteiger partial charge in [0, 0.05) is 6.04 Å². The van der Waals surface area contributed by atoms with Crippen LogP contribution in [0.25, 0.3) is 0 Å². The molecule has 0 spiro atoms. The number of nitrogens with zero attached hydrogens (tertiary/aromatic N) is 2. The average Bonchev–Trinajstić information content (AvgIpc) is 2.26. The van der Waals surface area contributed by atoms with E-state index in [-0.39, 0.29) is 0 Å². The average molecular weight is 257 g/mol. The van der Waals surface area contributed by atoms with Crippen LogP contribution in [0.5, 0.6) is 0 Å². The molecule has 0 bridgehead atoms. The summed E-state index contributed by atoms with van der Waals surface area (Å²) in [5, 5.41) is 3.47. The monoisotopic (exact) mass is 257 g/mol. The van der Waals surface area contributed by atoms with Crippen molar-refractivity contribution >= 4 is 0 Å². The minimum atomic E-state index is 0.632. The van der Waals surface area contributed by atoms with Gasteiger partial charge in [-0.25, -0.2) is 0 Å². The summed E-state index contributed by atoms with van der Waals surface area (Å²) in [6.07, 6.45) is 6.69. The molecule has 0 radical (unpaired) electrons. The molecule has 0 rings (SSSR count). The van der Waals surface area contributed by atoms with Gasteiger partial charge in [-0.2, -0.15) is 0 Å². The fourth-order valence-corrected chi connectivity index (χ4v) is 2.02. The van der Waals surface area contributed by atoms with E-state index in [1.54, 1.807) is 0 Å². The normalized spacial score (nSPS) is 12.0. The van der Waals surface area contributed by atoms with E-state index in [0.29, 0.717) is 6.04 Å². The predicted octanol–water partition coefficient (Wildman–Crippen LogP) is 2.43. The van der Waals surface area contributed by atoms with E-state index < -0.39 is 0 Å². The van der Waals surface area contributed by atoms with Crippen molar-refractivity contribution in [1.82, 2.24) is 15.1 Å². The summed E-state index contributed by atoms with van der Waals surface area (Å²) in [6.45, 7) is 9.28. The lowest BCUT2D eigenvalue weighted by molar-refractivity contribution is 0.294. The lowest BCUT2D eigenvalue weighted by atomic mass is 10.2. The van der Waals surface area contributed by atoms with Crippen LogP contribution < -0.4 is 5.32 Å². The number of rotatable bonds is 12. The second kappa shape index (κ2) is 11.9. The van der Waals surface area contributed by atoms with E-state index in [1.165, 1.54) is 58.3 Å². The lowest BCUT2D eigenvalue weighted by Crippen LogP contribution is -2.25. The number of unbranched alkanes of at least 4 members (excludes halogenated alkanes) is 3. The summed E-state index contributed by atoms with van der Waals surface area (Å²) < 4.78 is 0. The topological polar surface area (TPSA) is 18.5 Å². The highest BCUT2D eigenvalue weighted by Crippen LogP contribution is 2.01. The van der Waals surface area contributed by atoms with Gasteiger partial charge in [-0.1, -0.05) is 26.7 Å². The van der Waals surface area contributed by atoms with Crippen molar-refractivity contribution in [2.45, 2.75) is 52.0 Å². The highest BCUT2D eigenvalue weighted by molar-refractivity contribution is 4.56. The molecule has 18 heavy (non-hydrogen) atoms. The first kappa shape index (κ1) is 17.9. The standard InChI is InChI=1S/C15H35N3/c1-15(2)16-11-8-6-7-9-13-18(5)14-10-12-17(3)4/h15-16H,6-14H2,1-5H3. The highest BCUT2D eigenvalue weighted by Gasteiger charge is 1.99. The van der Waals surface area contributed by atoms with E-state index in [9.17, 15) is 0 Å². The molecular formula is C15H35N3. The van der Waals surface area contributed by atoms with Gasteiger partial charge in [0.15, 0.2) is 0 Å². The number of nitrogens with one attached hydrogen (secondary N) is 1. The van der Waals surface area contributed by atoms with E-state index in [4.69, 9.17) is 0 Å². The van der Waals surface area contributed by atoms with Crippen molar-refractivity contribution in [1.29, 1.82) is 0 Å². The van der Waals surface area contributed by atoms with Crippen LogP contribution in [0.4, 0.5) is 0 Å². The first-order valence-electron chi connectivity index (χ1n) is 7.59. The molecule has 0 atom stereocenters. The molecule has 0 aliphatic heterocycles. The molecule has 0 heterocycles. The van der Waals surface area contributed by atoms with Gasteiger partial charge >= 0.3 is 0 Å². The molecule has 0 aliphatic rings. The Balaban J connectivity index is 3.17. The second-order valence-electron chi connectivity index (χ2n) is 5.98. The van der Waals surface area contributed by atoms with Gasteiger partial charge in [0.1, 0.15) is 0 Å². The largest absolute Gasteiger partial charge is 0.315 e. The Morgan fingerprint density at radius 2 is 1.39 bits per heavy atom. The van der Waals surface area contributed by atoms with E-state index in [2.05, 4.69) is 50.1 Å². The van der Waals surface area contributed by atoms with Crippen molar-refractivity contribution in [3.05, 3.63) is 0 Å². The molecule has 0 unspecified atom stereocenters. The molecule has 0 fully saturated rings. The fraction of sp³-hybridized carbons (Fsp3) is 1.00.